The molecule has 2 aromatic rings. The molecule has 4 heteroatoms. The third-order valence-corrected chi connectivity index (χ3v) is 3.75. The highest BCUT2D eigenvalue weighted by atomic mass is 15.3. The number of aryl methyl sites for hydroxylation is 2. The van der Waals surface area contributed by atoms with Gasteiger partial charge >= 0.3 is 0 Å². The van der Waals surface area contributed by atoms with E-state index in [2.05, 4.69) is 39.1 Å². The lowest BCUT2D eigenvalue weighted by atomic mass is 10.0. The predicted octanol–water partition coefficient (Wildman–Crippen LogP) is 2.37. The summed E-state index contributed by atoms with van der Waals surface area (Å²) >= 11 is 0. The molecule has 0 amide bonds. The van der Waals surface area contributed by atoms with Crippen molar-refractivity contribution in [1.29, 1.82) is 0 Å². The number of anilines is 1. The summed E-state index contributed by atoms with van der Waals surface area (Å²) in [6.07, 6.45) is 0.945. The normalized spacial score (nSPS) is 22.2. The van der Waals surface area contributed by atoms with Crippen molar-refractivity contribution >= 4 is 5.95 Å². The Balaban J connectivity index is 1.98. The zero-order valence-corrected chi connectivity index (χ0v) is 12.0. The van der Waals surface area contributed by atoms with Crippen LogP contribution in [0.25, 0.3) is 0 Å². The number of benzene rings is 1. The highest BCUT2D eigenvalue weighted by Gasteiger charge is 2.32. The van der Waals surface area contributed by atoms with E-state index in [1.165, 1.54) is 5.56 Å². The zero-order chi connectivity index (χ0) is 14.1. The molecule has 3 rings (SSSR count). The number of hydrogen-bond acceptors (Lipinski definition) is 4. The molecule has 0 aliphatic carbocycles. The maximum atomic E-state index is 6.17. The fourth-order valence-corrected chi connectivity index (χ4v) is 2.92. The third-order valence-electron chi connectivity index (χ3n) is 3.75. The Kier molecular flexibility index (Phi) is 3.40. The summed E-state index contributed by atoms with van der Waals surface area (Å²) in [5.41, 5.74) is 9.45. The molecule has 0 radical (unpaired) electrons. The number of aromatic nitrogens is 2. The van der Waals surface area contributed by atoms with Gasteiger partial charge in [0.2, 0.25) is 5.95 Å². The summed E-state index contributed by atoms with van der Waals surface area (Å²) in [5, 5.41) is 0. The van der Waals surface area contributed by atoms with Gasteiger partial charge in [0.25, 0.3) is 0 Å². The number of hydrogen-bond donors (Lipinski definition) is 1. The van der Waals surface area contributed by atoms with E-state index < -0.39 is 0 Å². The second-order valence-corrected chi connectivity index (χ2v) is 5.53. The Hall–Kier alpha value is -1.94. The Bertz CT molecular complexity index is 576. The second kappa shape index (κ2) is 5.21. The predicted molar refractivity (Wildman–Crippen MR) is 80.6 cm³/mol. The first-order valence-corrected chi connectivity index (χ1v) is 7.03. The van der Waals surface area contributed by atoms with Crippen molar-refractivity contribution in [3.8, 4) is 0 Å². The standard InChI is InChI=1S/C16H20N4/c1-11-8-12(2)19-16(18-11)20-10-14(17)9-15(20)13-6-4-3-5-7-13/h3-8,14-15H,9-10,17H2,1-2H3/t14-,15-/m0/s1. The van der Waals surface area contributed by atoms with Gasteiger partial charge in [-0.15, -0.1) is 0 Å². The van der Waals surface area contributed by atoms with Crippen LogP contribution in [0.15, 0.2) is 36.4 Å². The maximum Gasteiger partial charge on any atom is 0.226 e. The van der Waals surface area contributed by atoms with E-state index in [0.717, 1.165) is 30.3 Å². The molecule has 1 aliphatic heterocycles. The summed E-state index contributed by atoms with van der Waals surface area (Å²) in [5.74, 6) is 0.796. The Morgan fingerprint density at radius 2 is 1.75 bits per heavy atom. The van der Waals surface area contributed by atoms with Gasteiger partial charge in [-0.2, -0.15) is 0 Å². The number of nitrogens with two attached hydrogens (primary N) is 1. The monoisotopic (exact) mass is 268 g/mol. The highest BCUT2D eigenvalue weighted by molar-refractivity contribution is 5.40. The van der Waals surface area contributed by atoms with Crippen LogP contribution in [0.4, 0.5) is 5.95 Å². The van der Waals surface area contributed by atoms with E-state index in [1.54, 1.807) is 0 Å². The van der Waals surface area contributed by atoms with Crippen molar-refractivity contribution in [2.24, 2.45) is 5.73 Å². The van der Waals surface area contributed by atoms with Crippen LogP contribution >= 0.6 is 0 Å². The molecule has 0 saturated carbocycles. The van der Waals surface area contributed by atoms with Crippen molar-refractivity contribution in [1.82, 2.24) is 9.97 Å². The van der Waals surface area contributed by atoms with E-state index in [-0.39, 0.29) is 12.1 Å². The van der Waals surface area contributed by atoms with Gasteiger partial charge in [0.1, 0.15) is 0 Å². The fraction of sp³-hybridized carbons (Fsp3) is 0.375. The smallest absolute Gasteiger partial charge is 0.226 e. The third kappa shape index (κ3) is 2.51. The molecule has 2 heterocycles. The molecule has 4 nitrogen and oxygen atoms in total. The van der Waals surface area contributed by atoms with Crippen LogP contribution in [-0.4, -0.2) is 22.6 Å². The average Bonchev–Trinajstić information content (AvgIpc) is 2.81. The molecule has 1 aromatic heterocycles. The number of rotatable bonds is 2. The van der Waals surface area contributed by atoms with Gasteiger partial charge in [-0.3, -0.25) is 0 Å². The molecule has 1 saturated heterocycles. The minimum atomic E-state index is 0.171. The summed E-state index contributed by atoms with van der Waals surface area (Å²) in [7, 11) is 0. The van der Waals surface area contributed by atoms with E-state index in [9.17, 15) is 0 Å². The van der Waals surface area contributed by atoms with E-state index in [1.807, 2.05) is 26.0 Å². The van der Waals surface area contributed by atoms with Gasteiger partial charge in [0.05, 0.1) is 6.04 Å². The van der Waals surface area contributed by atoms with Gasteiger partial charge in [-0.25, -0.2) is 9.97 Å². The molecule has 0 spiro atoms. The summed E-state index contributed by atoms with van der Waals surface area (Å²) in [6, 6.07) is 12.9. The van der Waals surface area contributed by atoms with Crippen molar-refractivity contribution in [2.75, 3.05) is 11.4 Å². The fourth-order valence-electron chi connectivity index (χ4n) is 2.92. The number of nitrogens with zero attached hydrogens (tertiary/aromatic N) is 3. The molecule has 2 N–H and O–H groups in total. The second-order valence-electron chi connectivity index (χ2n) is 5.53. The Morgan fingerprint density at radius 1 is 1.10 bits per heavy atom. The molecule has 0 bridgehead atoms. The van der Waals surface area contributed by atoms with Crippen molar-refractivity contribution in [2.45, 2.75) is 32.4 Å². The van der Waals surface area contributed by atoms with Crippen LogP contribution in [0.5, 0.6) is 0 Å². The summed E-state index contributed by atoms with van der Waals surface area (Å²) in [4.78, 5) is 11.4. The van der Waals surface area contributed by atoms with Crippen molar-refractivity contribution in [3.05, 3.63) is 53.3 Å². The van der Waals surface area contributed by atoms with Crippen molar-refractivity contribution in [3.63, 3.8) is 0 Å². The summed E-state index contributed by atoms with van der Waals surface area (Å²) < 4.78 is 0. The molecule has 1 aromatic carbocycles. The van der Waals surface area contributed by atoms with Crippen LogP contribution in [0.3, 0.4) is 0 Å². The van der Waals surface area contributed by atoms with Crippen LogP contribution < -0.4 is 10.6 Å². The van der Waals surface area contributed by atoms with Gasteiger partial charge in [0, 0.05) is 24.0 Å². The molecule has 1 aliphatic rings. The molecular formula is C16H20N4. The Labute approximate surface area is 119 Å². The minimum Gasteiger partial charge on any atom is -0.332 e. The van der Waals surface area contributed by atoms with Gasteiger partial charge in [-0.05, 0) is 31.9 Å². The van der Waals surface area contributed by atoms with Crippen LogP contribution in [-0.2, 0) is 0 Å². The molecular weight excluding hydrogens is 248 g/mol. The average molecular weight is 268 g/mol. The maximum absolute atomic E-state index is 6.17. The first-order valence-electron chi connectivity index (χ1n) is 7.03. The quantitative estimate of drug-likeness (QED) is 0.908. The highest BCUT2D eigenvalue weighted by Crippen LogP contribution is 2.33. The SMILES string of the molecule is Cc1cc(C)nc(N2C[C@@H](N)C[C@H]2c2ccccc2)n1. The molecule has 20 heavy (non-hydrogen) atoms. The van der Waals surface area contributed by atoms with E-state index in [4.69, 9.17) is 5.73 Å². The molecule has 0 unspecified atom stereocenters. The summed E-state index contributed by atoms with van der Waals surface area (Å²) in [6.45, 7) is 4.82. The molecule has 2 atom stereocenters. The van der Waals surface area contributed by atoms with Crippen LogP contribution in [0, 0.1) is 13.8 Å². The van der Waals surface area contributed by atoms with Crippen molar-refractivity contribution < 1.29 is 0 Å². The first-order chi connectivity index (χ1) is 9.63. The Morgan fingerprint density at radius 3 is 2.40 bits per heavy atom. The molecule has 1 fully saturated rings. The molecule has 104 valence electrons. The van der Waals surface area contributed by atoms with Gasteiger partial charge in [-0.1, -0.05) is 30.3 Å². The van der Waals surface area contributed by atoms with Crippen LogP contribution in [0.2, 0.25) is 0 Å². The largest absolute Gasteiger partial charge is 0.332 e. The van der Waals surface area contributed by atoms with Gasteiger partial charge < -0.3 is 10.6 Å². The van der Waals surface area contributed by atoms with E-state index in [0.29, 0.717) is 0 Å². The topological polar surface area (TPSA) is 55.0 Å². The van der Waals surface area contributed by atoms with Crippen LogP contribution in [0.1, 0.15) is 29.4 Å². The lowest BCUT2D eigenvalue weighted by molar-refractivity contribution is 0.672. The lowest BCUT2D eigenvalue weighted by Crippen LogP contribution is -2.29. The lowest BCUT2D eigenvalue weighted by Gasteiger charge is -2.25. The minimum absolute atomic E-state index is 0.171. The van der Waals surface area contributed by atoms with E-state index >= 15 is 0 Å². The zero-order valence-electron chi connectivity index (χ0n) is 12.0. The van der Waals surface area contributed by atoms with Gasteiger partial charge in [0.15, 0.2) is 0 Å². The first kappa shape index (κ1) is 13.1.